The summed E-state index contributed by atoms with van der Waals surface area (Å²) in [6, 6.07) is 9.77. The van der Waals surface area contributed by atoms with Gasteiger partial charge >= 0.3 is 165 Å². The fraction of sp³-hybridized carbons (Fsp3) is 0.619. The predicted molar refractivity (Wildman–Crippen MR) is 104 cm³/mol. The molecule has 0 aromatic heterocycles. The second kappa shape index (κ2) is 7.57. The zero-order valence-corrected chi connectivity index (χ0v) is 18.1. The van der Waals surface area contributed by atoms with Crippen LogP contribution >= 0.6 is 0 Å². The molecule has 1 N–H and O–H groups in total. The SMILES string of the molecule is COC(=O)C(C(=O)OC)[Se+](CC12CCC(CC1O)C2(C)C)c1ccccc1. The Balaban J connectivity index is 2.06. The van der Waals surface area contributed by atoms with Crippen LogP contribution in [-0.4, -0.2) is 51.3 Å². The standard InChI is InChI=1S/C21H29O5Se/c1-20(2)14-10-11-21(20,16(22)12-14)13-27(15-8-6-5-7-9-15)17(18(23)25-3)19(24)26-4/h5-9,14,16-17,22H,10-13H2,1-4H3/q+1. The molecule has 2 saturated carbocycles. The molecule has 27 heavy (non-hydrogen) atoms. The second-order valence-electron chi connectivity index (χ2n) is 8.18. The molecule has 1 aromatic carbocycles. The molecule has 0 aliphatic heterocycles. The predicted octanol–water partition coefficient (Wildman–Crippen LogP) is 2.29. The molecule has 0 heterocycles. The number of methoxy groups -OCH3 is 2. The first-order chi connectivity index (χ1) is 12.8. The van der Waals surface area contributed by atoms with E-state index in [-0.39, 0.29) is 10.8 Å². The number of benzene rings is 1. The molecule has 2 bridgehead atoms. The summed E-state index contributed by atoms with van der Waals surface area (Å²) in [5.74, 6) is -0.580. The van der Waals surface area contributed by atoms with Crippen molar-refractivity contribution in [3.63, 3.8) is 0 Å². The molecule has 0 saturated heterocycles. The van der Waals surface area contributed by atoms with Crippen LogP contribution in [-0.2, 0) is 19.1 Å². The van der Waals surface area contributed by atoms with Gasteiger partial charge in [0.2, 0.25) is 0 Å². The van der Waals surface area contributed by atoms with E-state index >= 15 is 0 Å². The van der Waals surface area contributed by atoms with Gasteiger partial charge in [0.05, 0.1) is 0 Å². The molecule has 0 spiro atoms. The molecule has 0 radical (unpaired) electrons. The zero-order chi connectivity index (χ0) is 19.8. The number of hydrogen-bond acceptors (Lipinski definition) is 5. The van der Waals surface area contributed by atoms with Crippen molar-refractivity contribution in [3.05, 3.63) is 30.3 Å². The summed E-state index contributed by atoms with van der Waals surface area (Å²) in [4.78, 5) is 24.3. The van der Waals surface area contributed by atoms with Gasteiger partial charge in [0.15, 0.2) is 0 Å². The summed E-state index contributed by atoms with van der Waals surface area (Å²) in [7, 11) is 2.62. The van der Waals surface area contributed by atoms with Gasteiger partial charge in [0, 0.05) is 0 Å². The van der Waals surface area contributed by atoms with E-state index in [0.29, 0.717) is 11.2 Å². The Hall–Kier alpha value is -1.36. The van der Waals surface area contributed by atoms with Crippen molar-refractivity contribution in [2.45, 2.75) is 49.3 Å². The summed E-state index contributed by atoms with van der Waals surface area (Å²) in [5, 5.41) is 11.6. The van der Waals surface area contributed by atoms with Gasteiger partial charge in [-0.15, -0.1) is 0 Å². The van der Waals surface area contributed by atoms with Gasteiger partial charge in [-0.25, -0.2) is 0 Å². The molecule has 3 rings (SSSR count). The summed E-state index contributed by atoms with van der Waals surface area (Å²) < 4.78 is 11.0. The number of aliphatic hydroxyl groups is 1. The quantitative estimate of drug-likeness (QED) is 0.418. The molecule has 6 heteroatoms. The van der Waals surface area contributed by atoms with Crippen LogP contribution < -0.4 is 4.46 Å². The fourth-order valence-corrected chi connectivity index (χ4v) is 11.5. The molecule has 1 aromatic rings. The van der Waals surface area contributed by atoms with E-state index in [0.717, 1.165) is 23.7 Å². The monoisotopic (exact) mass is 441 g/mol. The Kier molecular flexibility index (Phi) is 5.72. The maximum atomic E-state index is 12.6. The van der Waals surface area contributed by atoms with E-state index in [1.807, 2.05) is 30.3 Å². The molecule has 2 aliphatic carbocycles. The van der Waals surface area contributed by atoms with Crippen molar-refractivity contribution < 1.29 is 24.2 Å². The van der Waals surface area contributed by atoms with Gasteiger partial charge in [0.1, 0.15) is 0 Å². The van der Waals surface area contributed by atoms with Crippen molar-refractivity contribution in [1.82, 2.24) is 0 Å². The minimum absolute atomic E-state index is 0.0142. The van der Waals surface area contributed by atoms with Crippen LogP contribution in [0.1, 0.15) is 33.1 Å². The van der Waals surface area contributed by atoms with Crippen LogP contribution in [0.2, 0.25) is 10.1 Å². The van der Waals surface area contributed by atoms with E-state index in [9.17, 15) is 14.7 Å². The number of hydrogen-bond donors (Lipinski definition) is 1. The van der Waals surface area contributed by atoms with Crippen molar-refractivity contribution in [3.8, 4) is 0 Å². The third-order valence-corrected chi connectivity index (χ3v) is 12.5. The summed E-state index contributed by atoms with van der Waals surface area (Å²) >= 11 is -2.02. The Bertz CT molecular complexity index is 688. The van der Waals surface area contributed by atoms with Crippen LogP contribution in [0, 0.1) is 16.7 Å². The third kappa shape index (κ3) is 3.22. The third-order valence-electron chi connectivity index (χ3n) is 6.96. The zero-order valence-electron chi connectivity index (χ0n) is 16.4. The minimum atomic E-state index is -2.02. The van der Waals surface area contributed by atoms with Gasteiger partial charge in [0.25, 0.3) is 0 Å². The average molecular weight is 440 g/mol. The fourth-order valence-electron chi connectivity index (χ4n) is 5.10. The van der Waals surface area contributed by atoms with Gasteiger partial charge in [-0.1, -0.05) is 0 Å². The van der Waals surface area contributed by atoms with Crippen molar-refractivity contribution in [1.29, 1.82) is 0 Å². The van der Waals surface area contributed by atoms with Crippen LogP contribution in [0.5, 0.6) is 0 Å². The van der Waals surface area contributed by atoms with Crippen molar-refractivity contribution >= 4 is 30.3 Å². The average Bonchev–Trinajstić information content (AvgIpc) is 3.02. The maximum absolute atomic E-state index is 12.6. The van der Waals surface area contributed by atoms with Crippen LogP contribution in [0.3, 0.4) is 0 Å². The van der Waals surface area contributed by atoms with Crippen LogP contribution in [0.25, 0.3) is 0 Å². The topological polar surface area (TPSA) is 72.8 Å². The van der Waals surface area contributed by atoms with Crippen LogP contribution in [0.4, 0.5) is 0 Å². The Labute approximate surface area is 165 Å². The number of carbonyl (C=O) groups excluding carboxylic acids is 2. The number of rotatable bonds is 6. The number of carbonyl (C=O) groups is 2. The summed E-state index contributed by atoms with van der Waals surface area (Å²) in [5.41, 5.74) is -0.280. The first-order valence-electron chi connectivity index (χ1n) is 9.37. The number of aliphatic hydroxyl groups excluding tert-OH is 1. The molecule has 2 fully saturated rings. The number of fused-ring (bicyclic) bond motifs is 2. The van der Waals surface area contributed by atoms with Crippen molar-refractivity contribution in [2.24, 2.45) is 16.7 Å². The molecular formula is C21H29O5Se+. The van der Waals surface area contributed by atoms with Crippen molar-refractivity contribution in [2.75, 3.05) is 14.2 Å². The van der Waals surface area contributed by atoms with Gasteiger partial charge < -0.3 is 0 Å². The first-order valence-corrected chi connectivity index (χ1v) is 12.4. The Morgan fingerprint density at radius 2 is 1.78 bits per heavy atom. The normalized spacial score (nSPS) is 29.6. The van der Waals surface area contributed by atoms with E-state index in [1.165, 1.54) is 14.2 Å². The Morgan fingerprint density at radius 3 is 2.22 bits per heavy atom. The van der Waals surface area contributed by atoms with Crippen LogP contribution in [0.15, 0.2) is 30.3 Å². The second-order valence-corrected chi connectivity index (χ2v) is 12.6. The van der Waals surface area contributed by atoms with E-state index < -0.39 is 36.8 Å². The first kappa shape index (κ1) is 20.4. The molecule has 148 valence electrons. The van der Waals surface area contributed by atoms with E-state index in [1.54, 1.807) is 0 Å². The molecular weight excluding hydrogens is 411 g/mol. The molecule has 0 amide bonds. The van der Waals surface area contributed by atoms with E-state index in [2.05, 4.69) is 13.8 Å². The molecule has 5 nitrogen and oxygen atoms in total. The molecule has 2 aliphatic rings. The molecule has 4 unspecified atom stereocenters. The Morgan fingerprint density at radius 1 is 1.19 bits per heavy atom. The summed E-state index contributed by atoms with van der Waals surface area (Å²) in [6.07, 6.45) is 2.45. The molecule has 4 atom stereocenters. The summed E-state index contributed by atoms with van der Waals surface area (Å²) in [6.45, 7) is 4.47. The van der Waals surface area contributed by atoms with Gasteiger partial charge in [-0.2, -0.15) is 0 Å². The number of esters is 2. The van der Waals surface area contributed by atoms with Gasteiger partial charge in [-0.05, 0) is 0 Å². The van der Waals surface area contributed by atoms with Gasteiger partial charge in [-0.3, -0.25) is 0 Å². The number of ether oxygens (including phenoxy) is 2. The van der Waals surface area contributed by atoms with E-state index in [4.69, 9.17) is 9.47 Å².